The minimum absolute atomic E-state index is 0.0155. The Bertz CT molecular complexity index is 1230. The number of halogens is 3. The van der Waals surface area contributed by atoms with Gasteiger partial charge in [0.2, 0.25) is 0 Å². The molecule has 30 heavy (non-hydrogen) atoms. The molecule has 4 aromatic heterocycles. The highest BCUT2D eigenvalue weighted by molar-refractivity contribution is 7.18. The van der Waals surface area contributed by atoms with Gasteiger partial charge in [-0.05, 0) is 24.6 Å². The predicted octanol–water partition coefficient (Wildman–Crippen LogP) is 3.24. The van der Waals surface area contributed by atoms with Gasteiger partial charge in [-0.1, -0.05) is 6.07 Å². The molecule has 0 aliphatic heterocycles. The first-order chi connectivity index (χ1) is 14.3. The second-order valence-electron chi connectivity index (χ2n) is 6.75. The number of hydrogen-bond acceptors (Lipinski definition) is 6. The van der Waals surface area contributed by atoms with Crippen molar-refractivity contribution in [3.63, 3.8) is 0 Å². The Morgan fingerprint density at radius 3 is 2.87 bits per heavy atom. The van der Waals surface area contributed by atoms with E-state index in [9.17, 15) is 18.0 Å². The second kappa shape index (κ2) is 8.00. The van der Waals surface area contributed by atoms with Crippen LogP contribution >= 0.6 is 11.3 Å². The normalized spacial score (nSPS) is 12.0. The van der Waals surface area contributed by atoms with Crippen LogP contribution in [0.3, 0.4) is 0 Å². The van der Waals surface area contributed by atoms with Gasteiger partial charge >= 0.3 is 6.18 Å². The minimum Gasteiger partial charge on any atom is -0.308 e. The molecule has 0 saturated heterocycles. The van der Waals surface area contributed by atoms with Gasteiger partial charge in [0.05, 0.1) is 11.9 Å². The molecule has 0 saturated carbocycles. The zero-order valence-corrected chi connectivity index (χ0v) is 16.6. The van der Waals surface area contributed by atoms with E-state index in [1.165, 1.54) is 17.5 Å². The summed E-state index contributed by atoms with van der Waals surface area (Å²) in [4.78, 5) is 24.6. The number of rotatable bonds is 6. The van der Waals surface area contributed by atoms with E-state index < -0.39 is 11.9 Å². The highest BCUT2D eigenvalue weighted by Crippen LogP contribution is 2.31. The predicted molar refractivity (Wildman–Crippen MR) is 106 cm³/mol. The number of nitrogens with zero attached hydrogens (tertiary/aromatic N) is 4. The third-order valence-electron chi connectivity index (χ3n) is 4.36. The van der Waals surface area contributed by atoms with Crippen molar-refractivity contribution in [1.82, 2.24) is 30.0 Å². The van der Waals surface area contributed by atoms with Crippen molar-refractivity contribution in [3.8, 4) is 0 Å². The van der Waals surface area contributed by atoms with E-state index in [-0.39, 0.29) is 30.0 Å². The fourth-order valence-corrected chi connectivity index (χ4v) is 3.98. The maximum atomic E-state index is 13.4. The van der Waals surface area contributed by atoms with Crippen molar-refractivity contribution >= 4 is 21.6 Å². The summed E-state index contributed by atoms with van der Waals surface area (Å²) in [6.07, 6.45) is 0.00317. The van der Waals surface area contributed by atoms with Crippen molar-refractivity contribution < 1.29 is 13.2 Å². The third-order valence-corrected chi connectivity index (χ3v) is 5.30. The van der Waals surface area contributed by atoms with Crippen molar-refractivity contribution in [2.45, 2.75) is 32.7 Å². The summed E-state index contributed by atoms with van der Waals surface area (Å²) < 4.78 is 41.5. The van der Waals surface area contributed by atoms with Crippen molar-refractivity contribution in [2.75, 3.05) is 0 Å². The molecule has 7 nitrogen and oxygen atoms in total. The largest absolute Gasteiger partial charge is 0.435 e. The van der Waals surface area contributed by atoms with Gasteiger partial charge in [-0.2, -0.15) is 18.3 Å². The Hall–Kier alpha value is -3.05. The Morgan fingerprint density at radius 2 is 2.13 bits per heavy atom. The van der Waals surface area contributed by atoms with E-state index in [0.717, 1.165) is 15.1 Å². The van der Waals surface area contributed by atoms with Crippen LogP contribution in [0.1, 0.15) is 27.5 Å². The van der Waals surface area contributed by atoms with E-state index in [1.807, 2.05) is 13.0 Å². The highest BCUT2D eigenvalue weighted by atomic mass is 32.1. The summed E-state index contributed by atoms with van der Waals surface area (Å²) in [5.74, 6) is 0.250. The summed E-state index contributed by atoms with van der Waals surface area (Å²) in [6.45, 7) is 2.14. The molecule has 0 aliphatic rings. The number of aromatic amines is 1. The number of aryl methyl sites for hydroxylation is 1. The van der Waals surface area contributed by atoms with E-state index in [0.29, 0.717) is 16.8 Å². The topological polar surface area (TPSA) is 88.5 Å². The number of nitrogens with one attached hydrogen (secondary N) is 2. The summed E-state index contributed by atoms with van der Waals surface area (Å²) >= 11 is 1.36. The molecule has 2 N–H and O–H groups in total. The maximum absolute atomic E-state index is 13.4. The molecular weight excluding hydrogens is 417 g/mol. The third kappa shape index (κ3) is 4.41. The van der Waals surface area contributed by atoms with E-state index in [4.69, 9.17) is 0 Å². The maximum Gasteiger partial charge on any atom is 0.435 e. The molecule has 0 spiro atoms. The van der Waals surface area contributed by atoms with Crippen molar-refractivity contribution in [1.29, 1.82) is 0 Å². The molecule has 0 amide bonds. The van der Waals surface area contributed by atoms with Gasteiger partial charge in [-0.25, -0.2) is 4.98 Å². The number of H-pyrrole nitrogens is 1. The lowest BCUT2D eigenvalue weighted by atomic mass is 10.2. The summed E-state index contributed by atoms with van der Waals surface area (Å²) in [6, 6.07) is 5.33. The number of hydrogen-bond donors (Lipinski definition) is 2. The number of pyridine rings is 1. The quantitative estimate of drug-likeness (QED) is 0.486. The van der Waals surface area contributed by atoms with Crippen LogP contribution in [0.25, 0.3) is 10.2 Å². The first-order valence-corrected chi connectivity index (χ1v) is 9.84. The van der Waals surface area contributed by atoms with Crippen LogP contribution in [0.2, 0.25) is 0 Å². The standard InChI is InChI=1S/C19H17F3N6OS/c1-11-5-14-17(29)25-15(26-18(14)30-11)10-28-9-13(16(27-28)19(20,21)22)8-24-7-12-3-2-4-23-6-12/h2-6,9,24H,7-8,10H2,1H3,(H,25,26,29). The zero-order chi connectivity index (χ0) is 21.3. The molecule has 156 valence electrons. The molecule has 0 aliphatic carbocycles. The molecule has 0 unspecified atom stereocenters. The lowest BCUT2D eigenvalue weighted by Gasteiger charge is -2.07. The number of aromatic nitrogens is 5. The van der Waals surface area contributed by atoms with Crippen LogP contribution in [-0.2, 0) is 25.8 Å². The summed E-state index contributed by atoms with van der Waals surface area (Å²) in [5.41, 5.74) is -0.404. The molecule has 4 heterocycles. The SMILES string of the molecule is Cc1cc2c(=O)[nH]c(Cn3cc(CNCc4cccnc4)c(C(F)(F)F)n3)nc2s1. The number of fused-ring (bicyclic) bond motifs is 1. The molecular formula is C19H17F3N6OS. The summed E-state index contributed by atoms with van der Waals surface area (Å²) in [7, 11) is 0. The summed E-state index contributed by atoms with van der Waals surface area (Å²) in [5, 5.41) is 7.15. The van der Waals surface area contributed by atoms with Crippen LogP contribution in [-0.4, -0.2) is 24.7 Å². The van der Waals surface area contributed by atoms with Gasteiger partial charge in [0.15, 0.2) is 5.69 Å². The van der Waals surface area contributed by atoms with Gasteiger partial charge in [0, 0.05) is 42.1 Å². The van der Waals surface area contributed by atoms with Crippen LogP contribution in [0.4, 0.5) is 13.2 Å². The monoisotopic (exact) mass is 434 g/mol. The molecule has 4 aromatic rings. The molecule has 0 atom stereocenters. The molecule has 0 aromatic carbocycles. The molecule has 4 rings (SSSR count). The average molecular weight is 434 g/mol. The van der Waals surface area contributed by atoms with Crippen LogP contribution < -0.4 is 10.9 Å². The van der Waals surface area contributed by atoms with E-state index in [1.54, 1.807) is 24.5 Å². The van der Waals surface area contributed by atoms with Gasteiger partial charge in [0.1, 0.15) is 10.7 Å². The molecule has 0 bridgehead atoms. The Morgan fingerprint density at radius 1 is 1.30 bits per heavy atom. The van der Waals surface area contributed by atoms with Crippen LogP contribution in [0.5, 0.6) is 0 Å². The van der Waals surface area contributed by atoms with Gasteiger partial charge < -0.3 is 10.3 Å². The lowest BCUT2D eigenvalue weighted by molar-refractivity contribution is -0.142. The molecule has 0 radical (unpaired) electrons. The Balaban J connectivity index is 1.56. The Labute approximate surface area is 172 Å². The number of alkyl halides is 3. The fourth-order valence-electron chi connectivity index (χ4n) is 3.08. The van der Waals surface area contributed by atoms with E-state index >= 15 is 0 Å². The van der Waals surface area contributed by atoms with Gasteiger partial charge in [0.25, 0.3) is 5.56 Å². The lowest BCUT2D eigenvalue weighted by Crippen LogP contribution is -2.16. The minimum atomic E-state index is -4.59. The number of thiophene rings is 1. The van der Waals surface area contributed by atoms with E-state index in [2.05, 4.69) is 25.4 Å². The second-order valence-corrected chi connectivity index (χ2v) is 7.99. The zero-order valence-electron chi connectivity index (χ0n) is 15.8. The van der Waals surface area contributed by atoms with Crippen molar-refractivity contribution in [2.24, 2.45) is 0 Å². The Kier molecular flexibility index (Phi) is 5.39. The van der Waals surface area contributed by atoms with Crippen LogP contribution in [0.15, 0.2) is 41.6 Å². The highest BCUT2D eigenvalue weighted by Gasteiger charge is 2.37. The smallest absolute Gasteiger partial charge is 0.308 e. The fraction of sp³-hybridized carbons (Fsp3) is 0.263. The molecule has 0 fully saturated rings. The molecule has 11 heteroatoms. The van der Waals surface area contributed by atoms with Crippen molar-refractivity contribution in [3.05, 3.63) is 74.7 Å². The first-order valence-electron chi connectivity index (χ1n) is 9.02. The van der Waals surface area contributed by atoms with Crippen LogP contribution in [0, 0.1) is 6.92 Å². The first kappa shape index (κ1) is 20.2. The van der Waals surface area contributed by atoms with Gasteiger partial charge in [-0.3, -0.25) is 14.5 Å². The average Bonchev–Trinajstić information content (AvgIpc) is 3.26. The van der Waals surface area contributed by atoms with Gasteiger partial charge in [-0.15, -0.1) is 11.3 Å².